The molecule has 112 valence electrons. The number of H-pyrrole nitrogens is 1. The van der Waals surface area contributed by atoms with Gasteiger partial charge in [0.15, 0.2) is 5.65 Å². The smallest absolute Gasteiger partial charge is 0.262 e. The second-order valence-corrected chi connectivity index (χ2v) is 6.46. The van der Waals surface area contributed by atoms with E-state index in [0.717, 1.165) is 43.8 Å². The Morgan fingerprint density at radius 3 is 2.81 bits per heavy atom. The largest absolute Gasteiger partial charge is 0.310 e. The number of aromatic amines is 1. The third-order valence-electron chi connectivity index (χ3n) is 4.93. The summed E-state index contributed by atoms with van der Waals surface area (Å²) in [7, 11) is 2.11. The topological polar surface area (TPSA) is 66.8 Å². The molecular weight excluding hydrogens is 266 g/mol. The Balaban J connectivity index is 1.79. The molecule has 0 aromatic carbocycles. The van der Waals surface area contributed by atoms with Gasteiger partial charge in [-0.25, -0.2) is 9.67 Å². The van der Waals surface area contributed by atoms with Crippen LogP contribution in [0, 0.1) is 0 Å². The quantitative estimate of drug-likeness (QED) is 0.912. The highest BCUT2D eigenvalue weighted by atomic mass is 16.1. The summed E-state index contributed by atoms with van der Waals surface area (Å²) in [6.07, 6.45) is 7.51. The first-order valence-corrected chi connectivity index (χ1v) is 7.88. The number of likely N-dealkylation sites (tertiary alicyclic amines) is 1. The summed E-state index contributed by atoms with van der Waals surface area (Å²) in [5.41, 5.74) is 0.726. The van der Waals surface area contributed by atoms with Crippen molar-refractivity contribution in [3.8, 4) is 0 Å². The van der Waals surface area contributed by atoms with Gasteiger partial charge < -0.3 is 9.88 Å². The summed E-state index contributed by atoms with van der Waals surface area (Å²) in [6.45, 7) is 2.03. The first kappa shape index (κ1) is 13.0. The second kappa shape index (κ2) is 4.94. The van der Waals surface area contributed by atoms with Gasteiger partial charge in [0.25, 0.3) is 5.56 Å². The zero-order chi connectivity index (χ0) is 14.4. The minimum absolute atomic E-state index is 0.0474. The molecule has 0 unspecified atom stereocenters. The lowest BCUT2D eigenvalue weighted by molar-refractivity contribution is 0.409. The molecule has 0 amide bonds. The van der Waals surface area contributed by atoms with Crippen LogP contribution in [-0.2, 0) is 0 Å². The average molecular weight is 287 g/mol. The van der Waals surface area contributed by atoms with Crippen LogP contribution >= 0.6 is 0 Å². The summed E-state index contributed by atoms with van der Waals surface area (Å²) < 4.78 is 1.99. The average Bonchev–Trinajstić information content (AvgIpc) is 3.16. The molecule has 1 aliphatic heterocycles. The van der Waals surface area contributed by atoms with E-state index in [1.807, 2.05) is 4.68 Å². The SMILES string of the molecule is CN1CC[C@H](c2nc3c(cnn3C3CCCC3)c(=O)[nH]2)C1. The van der Waals surface area contributed by atoms with Crippen molar-refractivity contribution in [3.05, 3.63) is 22.4 Å². The third-order valence-corrected chi connectivity index (χ3v) is 4.93. The summed E-state index contributed by atoms with van der Waals surface area (Å²) in [6, 6.07) is 0.413. The van der Waals surface area contributed by atoms with Gasteiger partial charge in [0.05, 0.1) is 12.2 Å². The molecule has 4 rings (SSSR count). The number of aromatic nitrogens is 4. The highest BCUT2D eigenvalue weighted by Crippen LogP contribution is 2.31. The van der Waals surface area contributed by atoms with Gasteiger partial charge in [0.2, 0.25) is 0 Å². The summed E-state index contributed by atoms with van der Waals surface area (Å²) in [4.78, 5) is 22.3. The van der Waals surface area contributed by atoms with Crippen LogP contribution in [0.15, 0.2) is 11.0 Å². The Kier molecular flexibility index (Phi) is 3.06. The van der Waals surface area contributed by atoms with Crippen molar-refractivity contribution in [1.29, 1.82) is 0 Å². The highest BCUT2D eigenvalue weighted by Gasteiger charge is 2.26. The lowest BCUT2D eigenvalue weighted by Gasteiger charge is -2.13. The zero-order valence-electron chi connectivity index (χ0n) is 12.4. The van der Waals surface area contributed by atoms with Crippen LogP contribution in [0.4, 0.5) is 0 Å². The van der Waals surface area contributed by atoms with Crippen LogP contribution in [0.3, 0.4) is 0 Å². The van der Waals surface area contributed by atoms with Gasteiger partial charge in [-0.05, 0) is 32.9 Å². The highest BCUT2D eigenvalue weighted by molar-refractivity contribution is 5.73. The van der Waals surface area contributed by atoms with Crippen molar-refractivity contribution in [1.82, 2.24) is 24.6 Å². The van der Waals surface area contributed by atoms with E-state index in [0.29, 0.717) is 17.3 Å². The molecule has 2 fully saturated rings. The molecule has 6 heteroatoms. The standard InChI is InChI=1S/C15H21N5O/c1-19-7-6-10(9-19)13-17-14-12(15(21)18-13)8-16-20(14)11-4-2-3-5-11/h8,10-11H,2-7,9H2,1H3,(H,17,18,21)/t10-/m0/s1. The van der Waals surface area contributed by atoms with Gasteiger partial charge in [0, 0.05) is 12.5 Å². The normalized spacial score (nSPS) is 24.3. The Hall–Kier alpha value is -1.69. The Morgan fingerprint density at radius 2 is 2.10 bits per heavy atom. The van der Waals surface area contributed by atoms with Crippen LogP contribution < -0.4 is 5.56 Å². The maximum atomic E-state index is 12.3. The van der Waals surface area contributed by atoms with E-state index in [9.17, 15) is 4.79 Å². The van der Waals surface area contributed by atoms with Crippen LogP contribution in [0.2, 0.25) is 0 Å². The minimum Gasteiger partial charge on any atom is -0.310 e. The van der Waals surface area contributed by atoms with Crippen molar-refractivity contribution in [2.45, 2.75) is 44.1 Å². The third kappa shape index (κ3) is 2.18. The number of likely N-dealkylation sites (N-methyl/N-ethyl adjacent to an activating group) is 1. The summed E-state index contributed by atoms with van der Waals surface area (Å²) in [5, 5.41) is 5.07. The van der Waals surface area contributed by atoms with E-state index in [1.165, 1.54) is 12.8 Å². The summed E-state index contributed by atoms with van der Waals surface area (Å²) in [5.74, 6) is 1.16. The predicted molar refractivity (Wildman–Crippen MR) is 80.5 cm³/mol. The minimum atomic E-state index is -0.0474. The van der Waals surface area contributed by atoms with E-state index >= 15 is 0 Å². The first-order chi connectivity index (χ1) is 10.2. The molecule has 21 heavy (non-hydrogen) atoms. The number of nitrogens with zero attached hydrogens (tertiary/aromatic N) is 4. The zero-order valence-corrected chi connectivity index (χ0v) is 12.4. The number of hydrogen-bond donors (Lipinski definition) is 1. The molecular formula is C15H21N5O. The lowest BCUT2D eigenvalue weighted by atomic mass is 10.1. The maximum absolute atomic E-state index is 12.3. The molecule has 3 heterocycles. The molecule has 2 aromatic heterocycles. The van der Waals surface area contributed by atoms with Gasteiger partial charge in [-0.2, -0.15) is 5.10 Å². The molecule has 0 radical (unpaired) electrons. The van der Waals surface area contributed by atoms with Crippen LogP contribution in [0.1, 0.15) is 49.9 Å². The van der Waals surface area contributed by atoms with Crippen LogP contribution in [0.25, 0.3) is 11.0 Å². The van der Waals surface area contributed by atoms with Crippen molar-refractivity contribution in [2.75, 3.05) is 20.1 Å². The number of hydrogen-bond acceptors (Lipinski definition) is 4. The van der Waals surface area contributed by atoms with Crippen molar-refractivity contribution in [2.24, 2.45) is 0 Å². The number of nitrogens with one attached hydrogen (secondary N) is 1. The van der Waals surface area contributed by atoms with Crippen molar-refractivity contribution < 1.29 is 0 Å². The lowest BCUT2D eigenvalue weighted by Crippen LogP contribution is -2.19. The molecule has 6 nitrogen and oxygen atoms in total. The van der Waals surface area contributed by atoms with Crippen molar-refractivity contribution >= 4 is 11.0 Å². The predicted octanol–water partition coefficient (Wildman–Crippen LogP) is 1.65. The monoisotopic (exact) mass is 287 g/mol. The van der Waals surface area contributed by atoms with E-state index in [2.05, 4.69) is 22.0 Å². The molecule has 1 atom stereocenters. The molecule has 2 aromatic rings. The molecule has 1 aliphatic carbocycles. The molecule has 0 spiro atoms. The van der Waals surface area contributed by atoms with Crippen molar-refractivity contribution in [3.63, 3.8) is 0 Å². The van der Waals surface area contributed by atoms with E-state index in [-0.39, 0.29) is 5.56 Å². The number of rotatable bonds is 2. The molecule has 1 saturated heterocycles. The molecule has 1 saturated carbocycles. The number of fused-ring (bicyclic) bond motifs is 1. The Morgan fingerprint density at radius 1 is 1.29 bits per heavy atom. The van der Waals surface area contributed by atoms with E-state index in [1.54, 1.807) is 6.20 Å². The van der Waals surface area contributed by atoms with E-state index in [4.69, 9.17) is 4.98 Å². The fourth-order valence-electron chi connectivity index (χ4n) is 3.72. The van der Waals surface area contributed by atoms with Gasteiger partial charge in [-0.1, -0.05) is 12.8 Å². The molecule has 0 bridgehead atoms. The molecule has 2 aliphatic rings. The summed E-state index contributed by atoms with van der Waals surface area (Å²) >= 11 is 0. The molecule has 1 N–H and O–H groups in total. The first-order valence-electron chi connectivity index (χ1n) is 7.88. The van der Waals surface area contributed by atoms with Gasteiger partial charge >= 0.3 is 0 Å². The second-order valence-electron chi connectivity index (χ2n) is 6.46. The fourth-order valence-corrected chi connectivity index (χ4v) is 3.72. The Labute approximate surface area is 123 Å². The van der Waals surface area contributed by atoms with Crippen LogP contribution in [0.5, 0.6) is 0 Å². The maximum Gasteiger partial charge on any atom is 0.262 e. The van der Waals surface area contributed by atoms with Gasteiger partial charge in [0.1, 0.15) is 11.2 Å². The Bertz CT molecular complexity index is 712. The van der Waals surface area contributed by atoms with E-state index < -0.39 is 0 Å². The van der Waals surface area contributed by atoms with Crippen LogP contribution in [-0.4, -0.2) is 44.8 Å². The van der Waals surface area contributed by atoms with Gasteiger partial charge in [-0.3, -0.25) is 4.79 Å². The van der Waals surface area contributed by atoms with Gasteiger partial charge in [-0.15, -0.1) is 0 Å². The fraction of sp³-hybridized carbons (Fsp3) is 0.667.